The van der Waals surface area contributed by atoms with Crippen molar-refractivity contribution in [3.05, 3.63) is 0 Å². The number of amides is 1. The Morgan fingerprint density at radius 1 is 1.14 bits per heavy atom. The number of nitrogens with zero attached hydrogens (tertiary/aromatic N) is 1. The van der Waals surface area contributed by atoms with Crippen LogP contribution in [0.1, 0.15) is 77.6 Å². The number of nitrogens with two attached hydrogens (primary N) is 1. The van der Waals surface area contributed by atoms with Crippen LogP contribution in [0.4, 0.5) is 0 Å². The quantitative estimate of drug-likeness (QED) is 0.778. The summed E-state index contributed by atoms with van der Waals surface area (Å²) in [4.78, 5) is 14.9. The molecule has 0 aromatic carbocycles. The molecule has 0 bridgehead atoms. The average molecular weight is 294 g/mol. The molecule has 0 aromatic rings. The molecule has 2 N–H and O–H groups in total. The first-order valence-corrected chi connectivity index (χ1v) is 9.25. The minimum atomic E-state index is 0.415. The number of carbonyl (C=O) groups is 1. The van der Waals surface area contributed by atoms with Crippen LogP contribution in [0.5, 0.6) is 0 Å². The molecular formula is C18H34N2O. The van der Waals surface area contributed by atoms with Crippen molar-refractivity contribution in [2.45, 2.75) is 83.6 Å². The van der Waals surface area contributed by atoms with E-state index in [1.807, 2.05) is 0 Å². The second-order valence-electron chi connectivity index (χ2n) is 7.09. The normalized spacial score (nSPS) is 25.2. The van der Waals surface area contributed by atoms with Crippen LogP contribution < -0.4 is 5.73 Å². The van der Waals surface area contributed by atoms with E-state index in [0.29, 0.717) is 17.9 Å². The van der Waals surface area contributed by atoms with E-state index in [0.717, 1.165) is 44.7 Å². The standard InChI is InChI=1S/C18H34N2O/c1-2-15(12-13-19)10-11-18(21)20-14-6-9-17(20)16-7-4-3-5-8-16/h15-17H,2-14,19H2,1H3. The predicted octanol–water partition coefficient (Wildman–Crippen LogP) is 3.71. The van der Waals surface area contributed by atoms with Gasteiger partial charge in [0.25, 0.3) is 0 Å². The fourth-order valence-corrected chi connectivity index (χ4v) is 4.37. The zero-order chi connectivity index (χ0) is 15.1. The Kier molecular flexibility index (Phi) is 7.01. The maximum atomic E-state index is 12.6. The van der Waals surface area contributed by atoms with Gasteiger partial charge in [-0.15, -0.1) is 0 Å². The topological polar surface area (TPSA) is 46.3 Å². The van der Waals surface area contributed by atoms with Crippen LogP contribution in [0.15, 0.2) is 0 Å². The lowest BCUT2D eigenvalue weighted by Gasteiger charge is -2.34. The van der Waals surface area contributed by atoms with E-state index in [4.69, 9.17) is 5.73 Å². The van der Waals surface area contributed by atoms with Crippen LogP contribution in [0.3, 0.4) is 0 Å². The molecule has 122 valence electrons. The molecule has 2 fully saturated rings. The average Bonchev–Trinajstić information content (AvgIpc) is 3.01. The van der Waals surface area contributed by atoms with Crippen molar-refractivity contribution < 1.29 is 4.79 Å². The minimum absolute atomic E-state index is 0.415. The summed E-state index contributed by atoms with van der Waals surface area (Å²) in [5.74, 6) is 1.84. The van der Waals surface area contributed by atoms with Gasteiger partial charge in [-0.05, 0) is 56.9 Å². The smallest absolute Gasteiger partial charge is 0.222 e. The van der Waals surface area contributed by atoms with Gasteiger partial charge in [0.1, 0.15) is 0 Å². The molecule has 1 aliphatic heterocycles. The molecule has 1 aliphatic carbocycles. The van der Waals surface area contributed by atoms with Gasteiger partial charge in [-0.2, -0.15) is 0 Å². The molecule has 1 saturated carbocycles. The molecule has 2 atom stereocenters. The number of likely N-dealkylation sites (tertiary alicyclic amines) is 1. The minimum Gasteiger partial charge on any atom is -0.339 e. The fourth-order valence-electron chi connectivity index (χ4n) is 4.37. The SMILES string of the molecule is CCC(CCN)CCC(=O)N1CCCC1C1CCCCC1. The van der Waals surface area contributed by atoms with Gasteiger partial charge >= 0.3 is 0 Å². The highest BCUT2D eigenvalue weighted by Gasteiger charge is 2.34. The molecule has 0 aromatic heterocycles. The van der Waals surface area contributed by atoms with Gasteiger partial charge in [-0.25, -0.2) is 0 Å². The second kappa shape index (κ2) is 8.77. The van der Waals surface area contributed by atoms with Gasteiger partial charge in [-0.3, -0.25) is 4.79 Å². The van der Waals surface area contributed by atoms with E-state index >= 15 is 0 Å². The van der Waals surface area contributed by atoms with Gasteiger partial charge in [0.15, 0.2) is 0 Å². The van der Waals surface area contributed by atoms with Gasteiger partial charge in [0.05, 0.1) is 0 Å². The molecule has 2 unspecified atom stereocenters. The first kappa shape index (κ1) is 16.8. The maximum Gasteiger partial charge on any atom is 0.222 e. The third-order valence-electron chi connectivity index (χ3n) is 5.73. The first-order valence-electron chi connectivity index (χ1n) is 9.25. The van der Waals surface area contributed by atoms with Crippen molar-refractivity contribution in [2.75, 3.05) is 13.1 Å². The number of hydrogen-bond acceptors (Lipinski definition) is 2. The van der Waals surface area contributed by atoms with E-state index < -0.39 is 0 Å². The van der Waals surface area contributed by atoms with Crippen LogP contribution in [0.25, 0.3) is 0 Å². The van der Waals surface area contributed by atoms with Crippen molar-refractivity contribution >= 4 is 5.91 Å². The molecular weight excluding hydrogens is 260 g/mol. The van der Waals surface area contributed by atoms with Crippen molar-refractivity contribution in [1.29, 1.82) is 0 Å². The van der Waals surface area contributed by atoms with Crippen LogP contribution >= 0.6 is 0 Å². The fraction of sp³-hybridized carbons (Fsp3) is 0.944. The van der Waals surface area contributed by atoms with E-state index in [1.165, 1.54) is 44.9 Å². The van der Waals surface area contributed by atoms with E-state index in [2.05, 4.69) is 11.8 Å². The Balaban J connectivity index is 1.82. The highest BCUT2D eigenvalue weighted by molar-refractivity contribution is 5.76. The van der Waals surface area contributed by atoms with E-state index in [9.17, 15) is 4.79 Å². The third-order valence-corrected chi connectivity index (χ3v) is 5.73. The van der Waals surface area contributed by atoms with Crippen LogP contribution in [0.2, 0.25) is 0 Å². The molecule has 3 nitrogen and oxygen atoms in total. The van der Waals surface area contributed by atoms with Crippen LogP contribution in [0, 0.1) is 11.8 Å². The number of rotatable bonds is 7. The lowest BCUT2D eigenvalue weighted by Crippen LogP contribution is -2.40. The lowest BCUT2D eigenvalue weighted by atomic mass is 9.83. The van der Waals surface area contributed by atoms with Gasteiger partial charge in [0, 0.05) is 19.0 Å². The molecule has 0 radical (unpaired) electrons. The monoisotopic (exact) mass is 294 g/mol. The molecule has 1 amide bonds. The first-order chi connectivity index (χ1) is 10.3. The Morgan fingerprint density at radius 3 is 2.57 bits per heavy atom. The van der Waals surface area contributed by atoms with Gasteiger partial charge in [-0.1, -0.05) is 32.6 Å². The van der Waals surface area contributed by atoms with Crippen molar-refractivity contribution in [3.63, 3.8) is 0 Å². The molecule has 1 heterocycles. The molecule has 2 aliphatic rings. The highest BCUT2D eigenvalue weighted by atomic mass is 16.2. The summed E-state index contributed by atoms with van der Waals surface area (Å²) >= 11 is 0. The Hall–Kier alpha value is -0.570. The van der Waals surface area contributed by atoms with Gasteiger partial charge in [0.2, 0.25) is 5.91 Å². The summed E-state index contributed by atoms with van der Waals surface area (Å²) in [6.07, 6.45) is 13.3. The summed E-state index contributed by atoms with van der Waals surface area (Å²) in [5.41, 5.74) is 5.66. The van der Waals surface area contributed by atoms with E-state index in [1.54, 1.807) is 0 Å². The molecule has 0 spiro atoms. The second-order valence-corrected chi connectivity index (χ2v) is 7.09. The molecule has 3 heteroatoms. The number of hydrogen-bond donors (Lipinski definition) is 1. The van der Waals surface area contributed by atoms with E-state index in [-0.39, 0.29) is 0 Å². The summed E-state index contributed by atoms with van der Waals surface area (Å²) in [6.45, 7) is 3.97. The zero-order valence-corrected chi connectivity index (χ0v) is 13.9. The summed E-state index contributed by atoms with van der Waals surface area (Å²) in [5, 5.41) is 0. The Labute approximate surface area is 130 Å². The Bertz CT molecular complexity index is 312. The van der Waals surface area contributed by atoms with Crippen molar-refractivity contribution in [2.24, 2.45) is 17.6 Å². The summed E-state index contributed by atoms with van der Waals surface area (Å²) in [6, 6.07) is 0.562. The third kappa shape index (κ3) is 4.70. The zero-order valence-electron chi connectivity index (χ0n) is 13.9. The Morgan fingerprint density at radius 2 is 1.90 bits per heavy atom. The van der Waals surface area contributed by atoms with Crippen LogP contribution in [-0.4, -0.2) is 29.9 Å². The number of carbonyl (C=O) groups excluding carboxylic acids is 1. The summed E-state index contributed by atoms with van der Waals surface area (Å²) in [7, 11) is 0. The molecule has 21 heavy (non-hydrogen) atoms. The highest BCUT2D eigenvalue weighted by Crippen LogP contribution is 2.34. The lowest BCUT2D eigenvalue weighted by molar-refractivity contribution is -0.133. The molecule has 1 saturated heterocycles. The summed E-state index contributed by atoms with van der Waals surface area (Å²) < 4.78 is 0. The molecule has 2 rings (SSSR count). The van der Waals surface area contributed by atoms with Crippen LogP contribution in [-0.2, 0) is 4.79 Å². The van der Waals surface area contributed by atoms with Crippen molar-refractivity contribution in [3.8, 4) is 0 Å². The van der Waals surface area contributed by atoms with Crippen molar-refractivity contribution in [1.82, 2.24) is 4.90 Å². The predicted molar refractivity (Wildman–Crippen MR) is 88.0 cm³/mol. The van der Waals surface area contributed by atoms with Gasteiger partial charge < -0.3 is 10.6 Å². The largest absolute Gasteiger partial charge is 0.339 e. The maximum absolute atomic E-state index is 12.6.